The van der Waals surface area contributed by atoms with Crippen molar-refractivity contribution in [3.8, 4) is 0 Å². The Kier molecular flexibility index (Phi) is 0.648. The molecule has 1 aliphatic rings. The summed E-state index contributed by atoms with van der Waals surface area (Å²) in [6, 6.07) is 0. The summed E-state index contributed by atoms with van der Waals surface area (Å²) in [6.45, 7) is 4.28. The fourth-order valence-electron chi connectivity index (χ4n) is 0.283. The van der Waals surface area contributed by atoms with Crippen molar-refractivity contribution in [2.24, 2.45) is 0 Å². The summed E-state index contributed by atoms with van der Waals surface area (Å²) in [5, 5.41) is 0. The molecule has 0 spiro atoms. The van der Waals surface area contributed by atoms with Gasteiger partial charge < -0.3 is 0 Å². The lowest BCUT2D eigenvalue weighted by molar-refractivity contribution is 0.646. The van der Waals surface area contributed by atoms with Crippen molar-refractivity contribution in [2.75, 3.05) is 0 Å². The molecule has 0 radical (unpaired) electrons. The first-order valence-electron chi connectivity index (χ1n) is 2.31. The van der Waals surface area contributed by atoms with Gasteiger partial charge in [-0.25, -0.2) is 10.9 Å². The van der Waals surface area contributed by atoms with Crippen molar-refractivity contribution < 1.29 is 0 Å². The van der Waals surface area contributed by atoms with Gasteiger partial charge in [-0.05, 0) is 13.3 Å². The van der Waals surface area contributed by atoms with E-state index in [9.17, 15) is 0 Å². The molecule has 0 aromatic carbocycles. The van der Waals surface area contributed by atoms with E-state index in [-0.39, 0.29) is 0 Å². The average Bonchev–Trinajstić information content (AvgIpc) is 2.22. The maximum absolute atomic E-state index is 3.01. The highest BCUT2D eigenvalue weighted by Crippen LogP contribution is 2.10. The van der Waals surface area contributed by atoms with E-state index in [0.717, 1.165) is 6.42 Å². The molecular formula is C4H10N2. The Bertz CT molecular complexity index is 56.6. The third-order valence-electron chi connectivity index (χ3n) is 1.26. The van der Waals surface area contributed by atoms with Crippen LogP contribution in [0, 0.1) is 0 Å². The Balaban J connectivity index is 2.28. The summed E-state index contributed by atoms with van der Waals surface area (Å²) >= 11 is 0. The van der Waals surface area contributed by atoms with Gasteiger partial charge in [-0.15, -0.1) is 0 Å². The Labute approximate surface area is 37.9 Å². The topological polar surface area (TPSA) is 43.9 Å². The summed E-state index contributed by atoms with van der Waals surface area (Å²) in [4.78, 5) is 0. The van der Waals surface area contributed by atoms with Gasteiger partial charge in [0.05, 0.1) is 5.66 Å². The second kappa shape index (κ2) is 0.950. The van der Waals surface area contributed by atoms with Crippen LogP contribution in [0.1, 0.15) is 20.3 Å². The van der Waals surface area contributed by atoms with Gasteiger partial charge >= 0.3 is 0 Å². The van der Waals surface area contributed by atoms with Crippen LogP contribution in [0.3, 0.4) is 0 Å². The first-order valence-corrected chi connectivity index (χ1v) is 2.31. The van der Waals surface area contributed by atoms with Gasteiger partial charge in [0, 0.05) is 0 Å². The standard InChI is InChI=1S/C4H10N2/c1-3-4(2)5-6-4/h5-6H,3H2,1-2H3. The zero-order valence-electron chi connectivity index (χ0n) is 4.21. The SMILES string of the molecule is CCC1(C)NN1. The minimum atomic E-state index is 0.292. The average molecular weight is 86.1 g/mol. The number of hydrazine groups is 1. The van der Waals surface area contributed by atoms with Gasteiger partial charge in [0.2, 0.25) is 0 Å². The van der Waals surface area contributed by atoms with Crippen molar-refractivity contribution in [1.29, 1.82) is 0 Å². The lowest BCUT2D eigenvalue weighted by Crippen LogP contribution is -2.07. The molecule has 0 unspecified atom stereocenters. The van der Waals surface area contributed by atoms with Gasteiger partial charge in [0.1, 0.15) is 0 Å². The zero-order valence-corrected chi connectivity index (χ0v) is 4.21. The lowest BCUT2D eigenvalue weighted by atomic mass is 10.2. The fourth-order valence-corrected chi connectivity index (χ4v) is 0.283. The molecule has 0 bridgehead atoms. The number of hydrogen-bond acceptors (Lipinski definition) is 2. The number of nitrogens with one attached hydrogen (secondary N) is 2. The van der Waals surface area contributed by atoms with E-state index in [1.54, 1.807) is 0 Å². The molecule has 0 atom stereocenters. The van der Waals surface area contributed by atoms with Crippen molar-refractivity contribution in [1.82, 2.24) is 10.9 Å². The van der Waals surface area contributed by atoms with E-state index in [0.29, 0.717) is 5.66 Å². The Morgan fingerprint density at radius 1 is 1.50 bits per heavy atom. The molecular weight excluding hydrogens is 76.1 g/mol. The van der Waals surface area contributed by atoms with Gasteiger partial charge in [-0.2, -0.15) is 0 Å². The second-order valence-corrected chi connectivity index (χ2v) is 1.94. The number of hydrogen-bond donors (Lipinski definition) is 2. The smallest absolute Gasteiger partial charge is 0.0912 e. The molecule has 6 heavy (non-hydrogen) atoms. The second-order valence-electron chi connectivity index (χ2n) is 1.94. The highest BCUT2D eigenvalue weighted by Gasteiger charge is 2.32. The van der Waals surface area contributed by atoms with E-state index in [1.807, 2.05) is 0 Å². The highest BCUT2D eigenvalue weighted by atomic mass is 15.7. The summed E-state index contributed by atoms with van der Waals surface area (Å²) in [5.74, 6) is 0. The minimum absolute atomic E-state index is 0.292. The molecule has 36 valence electrons. The van der Waals surface area contributed by atoms with Crippen LogP contribution in [0.15, 0.2) is 0 Å². The maximum atomic E-state index is 3.01. The van der Waals surface area contributed by atoms with Gasteiger partial charge in [-0.3, -0.25) is 0 Å². The normalized spacial score (nSPS) is 27.0. The molecule has 1 saturated heterocycles. The summed E-state index contributed by atoms with van der Waals surface area (Å²) in [5.41, 5.74) is 6.31. The highest BCUT2D eigenvalue weighted by molar-refractivity contribution is 4.86. The largest absolute Gasteiger partial charge is 0.235 e. The lowest BCUT2D eigenvalue weighted by Gasteiger charge is -1.92. The van der Waals surface area contributed by atoms with Crippen LogP contribution >= 0.6 is 0 Å². The first kappa shape index (κ1) is 4.09. The molecule has 2 heteroatoms. The minimum Gasteiger partial charge on any atom is -0.235 e. The van der Waals surface area contributed by atoms with Crippen LogP contribution in [-0.4, -0.2) is 5.66 Å². The Morgan fingerprint density at radius 3 is 2.00 bits per heavy atom. The molecule has 2 N–H and O–H groups in total. The number of rotatable bonds is 1. The molecule has 0 aromatic rings. The van der Waals surface area contributed by atoms with Gasteiger partial charge in [-0.1, -0.05) is 6.92 Å². The predicted molar refractivity (Wildman–Crippen MR) is 25.0 cm³/mol. The summed E-state index contributed by atoms with van der Waals surface area (Å²) < 4.78 is 0. The van der Waals surface area contributed by atoms with Crippen LogP contribution in [0.2, 0.25) is 0 Å². The van der Waals surface area contributed by atoms with Crippen molar-refractivity contribution in [3.63, 3.8) is 0 Å². The molecule has 0 aliphatic carbocycles. The van der Waals surface area contributed by atoms with Crippen LogP contribution in [0.4, 0.5) is 0 Å². The molecule has 1 heterocycles. The van der Waals surface area contributed by atoms with E-state index in [2.05, 4.69) is 24.7 Å². The van der Waals surface area contributed by atoms with Crippen molar-refractivity contribution in [2.45, 2.75) is 25.9 Å². The van der Waals surface area contributed by atoms with E-state index < -0.39 is 0 Å². The van der Waals surface area contributed by atoms with E-state index in [1.165, 1.54) is 0 Å². The predicted octanol–water partition coefficient (Wildman–Crippen LogP) is 0.220. The molecule has 2 nitrogen and oxygen atoms in total. The van der Waals surface area contributed by atoms with E-state index in [4.69, 9.17) is 0 Å². The van der Waals surface area contributed by atoms with Crippen molar-refractivity contribution in [3.05, 3.63) is 0 Å². The third kappa shape index (κ3) is 0.533. The molecule has 0 saturated carbocycles. The van der Waals surface area contributed by atoms with Gasteiger partial charge in [0.25, 0.3) is 0 Å². The summed E-state index contributed by atoms with van der Waals surface area (Å²) in [7, 11) is 0. The van der Waals surface area contributed by atoms with Crippen LogP contribution in [0.5, 0.6) is 0 Å². The fraction of sp³-hybridized carbons (Fsp3) is 1.00. The molecule has 0 amide bonds. The van der Waals surface area contributed by atoms with Crippen LogP contribution < -0.4 is 10.9 Å². The Morgan fingerprint density at radius 2 is 2.00 bits per heavy atom. The van der Waals surface area contributed by atoms with Crippen LogP contribution in [0.25, 0.3) is 0 Å². The third-order valence-corrected chi connectivity index (χ3v) is 1.26. The first-order chi connectivity index (χ1) is 2.77. The maximum Gasteiger partial charge on any atom is 0.0912 e. The van der Waals surface area contributed by atoms with Crippen LogP contribution in [-0.2, 0) is 0 Å². The summed E-state index contributed by atoms with van der Waals surface area (Å²) in [6.07, 6.45) is 1.16. The van der Waals surface area contributed by atoms with Crippen molar-refractivity contribution >= 4 is 0 Å². The molecule has 1 rings (SSSR count). The molecule has 1 fully saturated rings. The monoisotopic (exact) mass is 86.1 g/mol. The molecule has 0 aromatic heterocycles. The van der Waals surface area contributed by atoms with E-state index >= 15 is 0 Å². The molecule has 1 aliphatic heterocycles. The van der Waals surface area contributed by atoms with Gasteiger partial charge in [0.15, 0.2) is 0 Å². The Hall–Kier alpha value is -0.0800. The zero-order chi connectivity index (χ0) is 4.62. The quantitative estimate of drug-likeness (QED) is 0.448.